The van der Waals surface area contributed by atoms with Gasteiger partial charge in [0.15, 0.2) is 29.7 Å². The molecule has 0 saturated carbocycles. The molecule has 3 unspecified atom stereocenters. The number of aliphatic hydroxyl groups excluding tert-OH is 2. The Kier molecular flexibility index (Phi) is 10.4. The Morgan fingerprint density at radius 3 is 2.64 bits per heavy atom. The van der Waals surface area contributed by atoms with Crippen LogP contribution in [0.25, 0.3) is 11.2 Å². The number of H-pyrrole nitrogens is 1. The van der Waals surface area contributed by atoms with Gasteiger partial charge in [0.2, 0.25) is 0 Å². The topological polar surface area (TPSA) is 254 Å². The fourth-order valence-electron chi connectivity index (χ4n) is 5.35. The van der Waals surface area contributed by atoms with Crippen LogP contribution < -0.4 is 21.7 Å². The van der Waals surface area contributed by atoms with Crippen molar-refractivity contribution in [3.05, 3.63) is 87.1 Å². The van der Waals surface area contributed by atoms with Crippen molar-refractivity contribution in [1.29, 1.82) is 0 Å². The van der Waals surface area contributed by atoms with Crippen molar-refractivity contribution >= 4 is 41.1 Å². The van der Waals surface area contributed by atoms with Gasteiger partial charge < -0.3 is 34.9 Å². The minimum atomic E-state index is -4.28. The molecule has 1 aromatic carbocycles. The summed E-state index contributed by atoms with van der Waals surface area (Å²) in [4.78, 5) is 50.1. The molecular weight excluding hydrogens is 701 g/mol. The third-order valence-corrected chi connectivity index (χ3v) is 11.3. The Morgan fingerprint density at radius 2 is 1.94 bits per heavy atom. The van der Waals surface area contributed by atoms with E-state index in [1.807, 2.05) is 0 Å². The monoisotopic (exact) mass is 733 g/mol. The van der Waals surface area contributed by atoms with Gasteiger partial charge in [-0.3, -0.25) is 32.8 Å². The summed E-state index contributed by atoms with van der Waals surface area (Å²) in [5.41, 5.74) is 5.85. The molecule has 266 valence electrons. The van der Waals surface area contributed by atoms with Crippen molar-refractivity contribution in [2.24, 2.45) is 0 Å². The summed E-state index contributed by atoms with van der Waals surface area (Å²) in [5.74, 6) is -0.136. The molecule has 5 heterocycles. The lowest BCUT2D eigenvalue weighted by atomic mass is 10.1. The first kappa shape index (κ1) is 35.3. The van der Waals surface area contributed by atoms with Gasteiger partial charge in [0.1, 0.15) is 54.6 Å². The minimum absolute atomic E-state index is 0.00540. The molecule has 19 nitrogen and oxygen atoms in total. The third kappa shape index (κ3) is 7.46. The molecule has 5 N–H and O–H groups in total. The molecule has 1 fully saturated rings. The zero-order valence-corrected chi connectivity index (χ0v) is 28.2. The summed E-state index contributed by atoms with van der Waals surface area (Å²) in [6.07, 6.45) is -1.56. The first-order chi connectivity index (χ1) is 24.0. The molecule has 1 saturated heterocycles. The minimum Gasteiger partial charge on any atom is -0.508 e. The Balaban J connectivity index is 1.23. The highest BCUT2D eigenvalue weighted by atomic mass is 32.7. The van der Waals surface area contributed by atoms with Crippen LogP contribution in [0.3, 0.4) is 0 Å². The molecule has 6 atom stereocenters. The van der Waals surface area contributed by atoms with Crippen molar-refractivity contribution in [2.75, 3.05) is 26.1 Å². The Bertz CT molecular complexity index is 2070. The SMILES string of the molecule is COC1C(OP(=O)(OCC2=C(O)C[C@H](n3cnc4c(N)ncnc43)O2)SCc2ccc(OC(C)=O)cc2)[C@@H](CO)O[C@H]1n1ccc(=O)[nH]c1=O. The second-order valence-corrected chi connectivity index (χ2v) is 15.0. The molecule has 2 aliphatic rings. The van der Waals surface area contributed by atoms with Crippen LogP contribution in [0.2, 0.25) is 0 Å². The lowest BCUT2D eigenvalue weighted by molar-refractivity contribution is -0.131. The molecule has 0 bridgehead atoms. The maximum absolute atomic E-state index is 14.6. The number of nitrogens with zero attached hydrogens (tertiary/aromatic N) is 5. The fourth-order valence-corrected chi connectivity index (χ4v) is 8.66. The molecule has 0 spiro atoms. The number of hydrogen-bond acceptors (Lipinski definition) is 17. The summed E-state index contributed by atoms with van der Waals surface area (Å²) in [6, 6.07) is 7.56. The highest BCUT2D eigenvalue weighted by Crippen LogP contribution is 2.64. The number of benzene rings is 1. The van der Waals surface area contributed by atoms with E-state index in [1.54, 1.807) is 28.8 Å². The molecule has 2 aliphatic heterocycles. The molecule has 21 heteroatoms. The standard InChI is InChI=1S/C29H32N7O12PS/c1-15(38)45-17-5-3-16(4-6-17)12-50-49(42,48-24-19(10-37)47-28(25(24)43-2)35-8-7-21(40)34-29(35)41)44-11-20-18(39)9-22(46-20)36-14-33-23-26(30)31-13-32-27(23)36/h3-8,13-14,19,22,24-25,28,37,39H,9-12H2,1-2H3,(H2,30,31,32)(H,34,40,41)/t19-,22-,24?,25?,28-,49?/m1/s1. The van der Waals surface area contributed by atoms with Crippen molar-refractivity contribution in [1.82, 2.24) is 29.1 Å². The van der Waals surface area contributed by atoms with Crippen molar-refractivity contribution in [3.63, 3.8) is 0 Å². The van der Waals surface area contributed by atoms with Crippen LogP contribution in [-0.2, 0) is 38.4 Å². The maximum Gasteiger partial charge on any atom is 0.390 e. The highest BCUT2D eigenvalue weighted by Gasteiger charge is 2.50. The quantitative estimate of drug-likeness (QED) is 0.0869. The summed E-state index contributed by atoms with van der Waals surface area (Å²) < 4.78 is 51.7. The molecule has 6 rings (SSSR count). The van der Waals surface area contributed by atoms with E-state index in [0.717, 1.165) is 22.0 Å². The van der Waals surface area contributed by atoms with Crippen LogP contribution in [0.1, 0.15) is 31.4 Å². The molecule has 50 heavy (non-hydrogen) atoms. The van der Waals surface area contributed by atoms with E-state index in [1.165, 1.54) is 32.9 Å². The van der Waals surface area contributed by atoms with Crippen molar-refractivity contribution < 1.29 is 47.6 Å². The number of nitrogens with two attached hydrogens (primary N) is 1. The number of carbonyl (C=O) groups excluding carboxylic acids is 1. The van der Waals surface area contributed by atoms with Gasteiger partial charge in [-0.25, -0.2) is 24.3 Å². The van der Waals surface area contributed by atoms with Gasteiger partial charge in [0.25, 0.3) is 5.56 Å². The fraction of sp³-hybridized carbons (Fsp3) is 0.379. The number of rotatable bonds is 13. The number of imidazole rings is 1. The maximum atomic E-state index is 14.6. The van der Waals surface area contributed by atoms with E-state index in [-0.39, 0.29) is 29.5 Å². The van der Waals surface area contributed by atoms with Gasteiger partial charge >= 0.3 is 18.5 Å². The van der Waals surface area contributed by atoms with E-state index in [0.29, 0.717) is 22.5 Å². The Morgan fingerprint density at radius 1 is 1.16 bits per heavy atom. The Hall–Kier alpha value is -4.56. The molecule has 0 amide bonds. The normalized spacial score (nSPS) is 23.2. The first-order valence-corrected chi connectivity index (χ1v) is 18.1. The predicted molar refractivity (Wildman–Crippen MR) is 175 cm³/mol. The lowest BCUT2D eigenvalue weighted by Gasteiger charge is -2.27. The van der Waals surface area contributed by atoms with Gasteiger partial charge in [-0.15, -0.1) is 0 Å². The zero-order valence-electron chi connectivity index (χ0n) is 26.5. The van der Waals surface area contributed by atoms with E-state index >= 15 is 0 Å². The number of nitrogen functional groups attached to an aromatic ring is 1. The number of aromatic nitrogens is 6. The summed E-state index contributed by atoms with van der Waals surface area (Å²) >= 11 is 0.786. The number of anilines is 1. The molecule has 3 aromatic heterocycles. The van der Waals surface area contributed by atoms with E-state index < -0.39 is 68.0 Å². The number of fused-ring (bicyclic) bond motifs is 1. The number of aliphatic hydroxyl groups is 2. The van der Waals surface area contributed by atoms with Crippen LogP contribution >= 0.6 is 18.2 Å². The molecule has 0 radical (unpaired) electrons. The average Bonchev–Trinajstić information content (AvgIpc) is 3.78. The number of hydrogen-bond donors (Lipinski definition) is 4. The number of aromatic amines is 1. The number of methoxy groups -OCH3 is 1. The zero-order chi connectivity index (χ0) is 35.6. The molecule has 0 aliphatic carbocycles. The highest BCUT2D eigenvalue weighted by molar-refractivity contribution is 8.54. The van der Waals surface area contributed by atoms with E-state index in [2.05, 4.69) is 19.9 Å². The van der Waals surface area contributed by atoms with Gasteiger partial charge in [0.05, 0.1) is 13.0 Å². The van der Waals surface area contributed by atoms with Crippen LogP contribution in [0.5, 0.6) is 5.75 Å². The number of esters is 1. The molecule has 4 aromatic rings. The summed E-state index contributed by atoms with van der Waals surface area (Å²) in [6.45, 7) is -4.12. The second-order valence-electron chi connectivity index (χ2n) is 11.0. The average molecular weight is 734 g/mol. The largest absolute Gasteiger partial charge is 0.508 e. The number of ether oxygens (including phenoxy) is 4. The third-order valence-electron chi connectivity index (χ3n) is 7.71. The second kappa shape index (κ2) is 14.7. The Labute approximate surface area is 286 Å². The van der Waals surface area contributed by atoms with Gasteiger partial charge in [-0.05, 0) is 29.1 Å². The van der Waals surface area contributed by atoms with Crippen LogP contribution in [0.4, 0.5) is 5.82 Å². The van der Waals surface area contributed by atoms with Gasteiger partial charge in [0, 0.05) is 32.0 Å². The predicted octanol–water partition coefficient (Wildman–Crippen LogP) is 1.92. The van der Waals surface area contributed by atoms with Crippen LogP contribution in [0, 0.1) is 0 Å². The first-order valence-electron chi connectivity index (χ1n) is 14.9. The number of nitrogens with one attached hydrogen (secondary N) is 1. The summed E-state index contributed by atoms with van der Waals surface area (Å²) in [5, 5.41) is 21.0. The summed E-state index contributed by atoms with van der Waals surface area (Å²) in [7, 11) is 1.31. The number of carbonyl (C=O) groups is 1. The smallest absolute Gasteiger partial charge is 0.390 e. The van der Waals surface area contributed by atoms with Crippen LogP contribution in [0.15, 0.2) is 70.3 Å². The lowest BCUT2D eigenvalue weighted by Crippen LogP contribution is -2.39. The van der Waals surface area contributed by atoms with Crippen molar-refractivity contribution in [2.45, 2.75) is 49.9 Å². The van der Waals surface area contributed by atoms with E-state index in [9.17, 15) is 29.2 Å². The van der Waals surface area contributed by atoms with Gasteiger partial charge in [-0.2, -0.15) is 0 Å². The van der Waals surface area contributed by atoms with Crippen LogP contribution in [-0.4, -0.2) is 83.9 Å². The van der Waals surface area contributed by atoms with Crippen molar-refractivity contribution in [3.8, 4) is 5.75 Å². The van der Waals surface area contributed by atoms with Gasteiger partial charge in [-0.1, -0.05) is 12.1 Å². The molecular formula is C29H32N7O12PS. The van der Waals surface area contributed by atoms with E-state index in [4.69, 9.17) is 33.7 Å².